The molecular weight excluding hydrogens is 202 g/mol. The van der Waals surface area contributed by atoms with Crippen molar-refractivity contribution < 1.29 is 19.5 Å². The van der Waals surface area contributed by atoms with Gasteiger partial charge in [-0.15, -0.1) is 0 Å². The molecule has 0 aliphatic carbocycles. The van der Waals surface area contributed by atoms with Crippen LogP contribution in [0.4, 0.5) is 4.79 Å². The van der Waals surface area contributed by atoms with Crippen molar-refractivity contribution in [2.45, 2.75) is 13.3 Å². The number of carbonyl (C=O) groups is 3. The van der Waals surface area contributed by atoms with Crippen molar-refractivity contribution in [1.82, 2.24) is 16.0 Å². The van der Waals surface area contributed by atoms with Crippen LogP contribution < -0.4 is 16.0 Å². The first kappa shape index (κ1) is 13.2. The van der Waals surface area contributed by atoms with E-state index in [4.69, 9.17) is 5.11 Å². The summed E-state index contributed by atoms with van der Waals surface area (Å²) in [5.41, 5.74) is 0. The number of carboxylic acids is 1. The summed E-state index contributed by atoms with van der Waals surface area (Å²) in [5, 5.41) is 15.6. The molecule has 7 heteroatoms. The lowest BCUT2D eigenvalue weighted by atomic mass is 10.4. The largest absolute Gasteiger partial charge is 0.481 e. The second-order valence-electron chi connectivity index (χ2n) is 2.81. The van der Waals surface area contributed by atoms with Crippen molar-refractivity contribution in [3.05, 3.63) is 0 Å². The number of nitrogens with one attached hydrogen (secondary N) is 3. The minimum atomic E-state index is -0.964. The van der Waals surface area contributed by atoms with E-state index in [1.54, 1.807) is 0 Å². The monoisotopic (exact) mass is 217 g/mol. The smallest absolute Gasteiger partial charge is 0.314 e. The standard InChI is InChI=1S/C8H15N3O4/c1-6(12)9-4-5-11-8(15)10-3-2-7(13)14/h2-5H2,1H3,(H,9,12)(H,13,14)(H2,10,11,15). The molecule has 3 amide bonds. The molecule has 0 aromatic rings. The first-order valence-electron chi connectivity index (χ1n) is 4.50. The first-order chi connectivity index (χ1) is 7.02. The Balaban J connectivity index is 3.33. The molecule has 7 nitrogen and oxygen atoms in total. The topological polar surface area (TPSA) is 108 Å². The number of hydrogen-bond donors (Lipinski definition) is 4. The van der Waals surface area contributed by atoms with E-state index >= 15 is 0 Å². The lowest BCUT2D eigenvalue weighted by molar-refractivity contribution is -0.136. The van der Waals surface area contributed by atoms with Gasteiger partial charge in [-0.05, 0) is 0 Å². The maximum absolute atomic E-state index is 10.9. The minimum absolute atomic E-state index is 0.0846. The molecule has 0 radical (unpaired) electrons. The molecule has 0 aliphatic rings. The van der Waals surface area contributed by atoms with Crippen LogP contribution >= 0.6 is 0 Å². The van der Waals surface area contributed by atoms with Gasteiger partial charge in [0.05, 0.1) is 6.42 Å². The van der Waals surface area contributed by atoms with Gasteiger partial charge in [-0.25, -0.2) is 4.79 Å². The van der Waals surface area contributed by atoms with Gasteiger partial charge in [0.15, 0.2) is 0 Å². The van der Waals surface area contributed by atoms with E-state index in [1.165, 1.54) is 6.92 Å². The van der Waals surface area contributed by atoms with Crippen LogP contribution in [0, 0.1) is 0 Å². The SMILES string of the molecule is CC(=O)NCCNC(=O)NCCC(=O)O. The molecular formula is C8H15N3O4. The van der Waals surface area contributed by atoms with Crippen molar-refractivity contribution in [3.63, 3.8) is 0 Å². The molecule has 0 atom stereocenters. The van der Waals surface area contributed by atoms with Gasteiger partial charge in [0.2, 0.25) is 5.91 Å². The van der Waals surface area contributed by atoms with Crippen LogP contribution in [0.2, 0.25) is 0 Å². The molecule has 0 spiro atoms. The van der Waals surface area contributed by atoms with Crippen molar-refractivity contribution in [3.8, 4) is 0 Å². The van der Waals surface area contributed by atoms with Gasteiger partial charge < -0.3 is 21.1 Å². The van der Waals surface area contributed by atoms with Gasteiger partial charge in [0, 0.05) is 26.6 Å². The Morgan fingerprint density at radius 2 is 1.53 bits per heavy atom. The lowest BCUT2D eigenvalue weighted by Gasteiger charge is -2.06. The van der Waals surface area contributed by atoms with Crippen LogP contribution in [-0.2, 0) is 9.59 Å². The third-order valence-electron chi connectivity index (χ3n) is 1.41. The zero-order chi connectivity index (χ0) is 11.7. The van der Waals surface area contributed by atoms with Crippen molar-refractivity contribution in [2.24, 2.45) is 0 Å². The number of carbonyl (C=O) groups excluding carboxylic acids is 2. The first-order valence-corrected chi connectivity index (χ1v) is 4.50. The Bertz CT molecular complexity index is 242. The Kier molecular flexibility index (Phi) is 6.69. The number of amides is 3. The maximum Gasteiger partial charge on any atom is 0.314 e. The third-order valence-corrected chi connectivity index (χ3v) is 1.41. The zero-order valence-corrected chi connectivity index (χ0v) is 8.50. The number of aliphatic carboxylic acids is 1. The summed E-state index contributed by atoms with van der Waals surface area (Å²) in [6.45, 7) is 2.12. The van der Waals surface area contributed by atoms with Gasteiger partial charge in [-0.2, -0.15) is 0 Å². The van der Waals surface area contributed by atoms with Crippen molar-refractivity contribution in [1.29, 1.82) is 0 Å². The van der Waals surface area contributed by atoms with Gasteiger partial charge in [-0.3, -0.25) is 9.59 Å². The fourth-order valence-electron chi connectivity index (χ4n) is 0.760. The van der Waals surface area contributed by atoms with Crippen molar-refractivity contribution >= 4 is 17.9 Å². The molecule has 0 aromatic carbocycles. The summed E-state index contributed by atoms with van der Waals surface area (Å²) >= 11 is 0. The predicted molar refractivity (Wildman–Crippen MR) is 52.3 cm³/mol. The molecule has 0 fully saturated rings. The molecule has 0 aromatic heterocycles. The highest BCUT2D eigenvalue weighted by Gasteiger charge is 2.00. The molecule has 0 unspecified atom stereocenters. The summed E-state index contributed by atoms with van der Waals surface area (Å²) in [6, 6.07) is -0.443. The lowest BCUT2D eigenvalue weighted by Crippen LogP contribution is -2.40. The number of carboxylic acid groups (broad SMARTS) is 1. The fourth-order valence-corrected chi connectivity index (χ4v) is 0.760. The quantitative estimate of drug-likeness (QED) is 0.423. The van der Waals surface area contributed by atoms with Crippen LogP contribution in [0.1, 0.15) is 13.3 Å². The second-order valence-corrected chi connectivity index (χ2v) is 2.81. The minimum Gasteiger partial charge on any atom is -0.481 e. The summed E-state index contributed by atoms with van der Waals surface area (Å²) in [7, 11) is 0. The molecule has 0 bridgehead atoms. The Morgan fingerprint density at radius 3 is 2.07 bits per heavy atom. The molecule has 4 N–H and O–H groups in total. The average molecular weight is 217 g/mol. The maximum atomic E-state index is 10.9. The molecule has 0 heterocycles. The van der Waals surface area contributed by atoms with E-state index in [9.17, 15) is 14.4 Å². The number of rotatable bonds is 6. The Hall–Kier alpha value is -1.79. The fraction of sp³-hybridized carbons (Fsp3) is 0.625. The second kappa shape index (κ2) is 7.60. The van der Waals surface area contributed by atoms with E-state index in [0.29, 0.717) is 13.1 Å². The van der Waals surface area contributed by atoms with Gasteiger partial charge in [0.1, 0.15) is 0 Å². The summed E-state index contributed by atoms with van der Waals surface area (Å²) in [4.78, 5) is 31.5. The molecule has 0 saturated carbocycles. The normalized spacial score (nSPS) is 9.13. The van der Waals surface area contributed by atoms with Gasteiger partial charge in [0.25, 0.3) is 0 Å². The molecule has 15 heavy (non-hydrogen) atoms. The van der Waals surface area contributed by atoms with Crippen LogP contribution in [0.25, 0.3) is 0 Å². The zero-order valence-electron chi connectivity index (χ0n) is 8.50. The van der Waals surface area contributed by atoms with E-state index < -0.39 is 12.0 Å². The average Bonchev–Trinajstić information content (AvgIpc) is 2.11. The van der Waals surface area contributed by atoms with Gasteiger partial charge in [-0.1, -0.05) is 0 Å². The molecule has 0 saturated heterocycles. The molecule has 0 aliphatic heterocycles. The number of hydrogen-bond acceptors (Lipinski definition) is 3. The molecule has 86 valence electrons. The summed E-state index contributed by atoms with van der Waals surface area (Å²) in [6.07, 6.45) is -0.112. The number of urea groups is 1. The van der Waals surface area contributed by atoms with E-state index in [1.807, 2.05) is 0 Å². The van der Waals surface area contributed by atoms with E-state index in [-0.39, 0.29) is 18.9 Å². The van der Waals surface area contributed by atoms with Gasteiger partial charge >= 0.3 is 12.0 Å². The predicted octanol–water partition coefficient (Wildman–Crippen LogP) is -1.10. The highest BCUT2D eigenvalue weighted by Crippen LogP contribution is 1.75. The summed E-state index contributed by atoms with van der Waals surface area (Å²) < 4.78 is 0. The van der Waals surface area contributed by atoms with Crippen LogP contribution in [0.15, 0.2) is 0 Å². The van der Waals surface area contributed by atoms with Crippen LogP contribution in [-0.4, -0.2) is 42.6 Å². The Morgan fingerprint density at radius 1 is 1.00 bits per heavy atom. The highest BCUT2D eigenvalue weighted by molar-refractivity contribution is 5.75. The molecule has 0 rings (SSSR count). The van der Waals surface area contributed by atoms with E-state index in [2.05, 4.69) is 16.0 Å². The summed E-state index contributed by atoms with van der Waals surface area (Å²) in [5.74, 6) is -1.13. The Labute approximate surface area is 87.2 Å². The van der Waals surface area contributed by atoms with E-state index in [0.717, 1.165) is 0 Å². The highest BCUT2D eigenvalue weighted by atomic mass is 16.4. The van der Waals surface area contributed by atoms with Crippen molar-refractivity contribution in [2.75, 3.05) is 19.6 Å². The third kappa shape index (κ3) is 10.1. The van der Waals surface area contributed by atoms with Crippen LogP contribution in [0.3, 0.4) is 0 Å². The van der Waals surface area contributed by atoms with Crippen LogP contribution in [0.5, 0.6) is 0 Å².